The minimum atomic E-state index is 0.526. The second-order valence-electron chi connectivity index (χ2n) is 4.56. The van der Waals surface area contributed by atoms with Crippen LogP contribution in [0.5, 0.6) is 5.88 Å². The Morgan fingerprint density at radius 3 is 2.85 bits per heavy atom. The number of halogens is 1. The number of pyridine rings is 1. The number of rotatable bonds is 7. The van der Waals surface area contributed by atoms with E-state index in [1.807, 2.05) is 42.5 Å². The largest absolute Gasteiger partial charge is 0.473 e. The first-order valence-corrected chi connectivity index (χ1v) is 7.61. The molecule has 2 rings (SSSR count). The zero-order valence-electron chi connectivity index (χ0n) is 11.6. The molecule has 0 aliphatic heterocycles. The summed E-state index contributed by atoms with van der Waals surface area (Å²) in [4.78, 5) is 4.49. The van der Waals surface area contributed by atoms with Crippen LogP contribution >= 0.6 is 15.9 Å². The molecule has 20 heavy (non-hydrogen) atoms. The lowest BCUT2D eigenvalue weighted by molar-refractivity contribution is 0.292. The van der Waals surface area contributed by atoms with Crippen LogP contribution in [0.2, 0.25) is 0 Å². The molecule has 2 aromatic rings. The maximum atomic E-state index is 5.73. The summed E-state index contributed by atoms with van der Waals surface area (Å²) in [5.41, 5.74) is 2.13. The van der Waals surface area contributed by atoms with Gasteiger partial charge in [0.25, 0.3) is 0 Å². The lowest BCUT2D eigenvalue weighted by Gasteiger charge is -2.08. The molecule has 0 spiro atoms. The summed E-state index contributed by atoms with van der Waals surface area (Å²) < 4.78 is 6.79. The average molecular weight is 335 g/mol. The van der Waals surface area contributed by atoms with E-state index in [0.717, 1.165) is 35.2 Å². The number of hydrogen-bond donors (Lipinski definition) is 1. The van der Waals surface area contributed by atoms with E-state index in [1.54, 1.807) is 0 Å². The SMILES string of the molecule is CCCNCc1cccc(OCc2cccc(Br)c2)n1. The first-order valence-electron chi connectivity index (χ1n) is 6.82. The minimum absolute atomic E-state index is 0.526. The molecule has 0 atom stereocenters. The fraction of sp³-hybridized carbons (Fsp3) is 0.312. The van der Waals surface area contributed by atoms with Crippen LogP contribution in [0.25, 0.3) is 0 Å². The Labute approximate surface area is 128 Å². The highest BCUT2D eigenvalue weighted by Gasteiger charge is 2.00. The molecular weight excluding hydrogens is 316 g/mol. The van der Waals surface area contributed by atoms with E-state index in [0.29, 0.717) is 12.5 Å². The summed E-state index contributed by atoms with van der Waals surface area (Å²) in [7, 11) is 0. The third kappa shape index (κ3) is 4.94. The first kappa shape index (κ1) is 15.0. The average Bonchev–Trinajstić information content (AvgIpc) is 2.46. The van der Waals surface area contributed by atoms with Crippen molar-refractivity contribution >= 4 is 15.9 Å². The van der Waals surface area contributed by atoms with Crippen molar-refractivity contribution in [2.24, 2.45) is 0 Å². The maximum Gasteiger partial charge on any atom is 0.213 e. The van der Waals surface area contributed by atoms with E-state index in [9.17, 15) is 0 Å². The molecule has 0 saturated heterocycles. The van der Waals surface area contributed by atoms with Crippen LogP contribution in [0.4, 0.5) is 0 Å². The van der Waals surface area contributed by atoms with Gasteiger partial charge in [-0.25, -0.2) is 4.98 Å². The van der Waals surface area contributed by atoms with E-state index in [4.69, 9.17) is 4.74 Å². The molecule has 0 aliphatic carbocycles. The van der Waals surface area contributed by atoms with Crippen molar-refractivity contribution in [3.8, 4) is 5.88 Å². The molecule has 0 fully saturated rings. The molecule has 4 heteroatoms. The van der Waals surface area contributed by atoms with Gasteiger partial charge in [0, 0.05) is 17.1 Å². The van der Waals surface area contributed by atoms with Crippen LogP contribution < -0.4 is 10.1 Å². The molecule has 0 aliphatic rings. The summed E-state index contributed by atoms with van der Waals surface area (Å²) in [5.74, 6) is 0.667. The van der Waals surface area contributed by atoms with Gasteiger partial charge in [0.05, 0.1) is 5.69 Å². The lowest BCUT2D eigenvalue weighted by Crippen LogP contribution is -2.14. The normalized spacial score (nSPS) is 10.5. The lowest BCUT2D eigenvalue weighted by atomic mass is 10.2. The van der Waals surface area contributed by atoms with Crippen LogP contribution in [-0.2, 0) is 13.2 Å². The number of hydrogen-bond acceptors (Lipinski definition) is 3. The Balaban J connectivity index is 1.91. The summed E-state index contributed by atoms with van der Waals surface area (Å²) >= 11 is 3.46. The van der Waals surface area contributed by atoms with Gasteiger partial charge in [-0.3, -0.25) is 0 Å². The van der Waals surface area contributed by atoms with Gasteiger partial charge in [-0.05, 0) is 36.7 Å². The summed E-state index contributed by atoms with van der Waals surface area (Å²) in [6, 6.07) is 14.0. The summed E-state index contributed by atoms with van der Waals surface area (Å²) in [6.07, 6.45) is 1.12. The number of nitrogens with one attached hydrogen (secondary N) is 1. The fourth-order valence-corrected chi connectivity index (χ4v) is 2.26. The Kier molecular flexibility index (Phi) is 6.02. The summed E-state index contributed by atoms with van der Waals surface area (Å²) in [6.45, 7) is 4.46. The van der Waals surface area contributed by atoms with Crippen LogP contribution in [-0.4, -0.2) is 11.5 Å². The second kappa shape index (κ2) is 8.02. The van der Waals surface area contributed by atoms with E-state index < -0.39 is 0 Å². The Bertz CT molecular complexity index is 546. The predicted octanol–water partition coefficient (Wildman–Crippen LogP) is 3.92. The quantitative estimate of drug-likeness (QED) is 0.779. The molecule has 1 heterocycles. The number of benzene rings is 1. The van der Waals surface area contributed by atoms with Gasteiger partial charge in [0.15, 0.2) is 0 Å². The zero-order valence-corrected chi connectivity index (χ0v) is 13.2. The van der Waals surface area contributed by atoms with Gasteiger partial charge in [-0.15, -0.1) is 0 Å². The molecule has 1 aromatic carbocycles. The molecular formula is C16H19BrN2O. The van der Waals surface area contributed by atoms with Crippen LogP contribution in [0.15, 0.2) is 46.9 Å². The Morgan fingerprint density at radius 1 is 1.20 bits per heavy atom. The van der Waals surface area contributed by atoms with Crippen molar-refractivity contribution in [2.45, 2.75) is 26.5 Å². The number of ether oxygens (including phenoxy) is 1. The van der Waals surface area contributed by atoms with Crippen molar-refractivity contribution in [1.82, 2.24) is 10.3 Å². The first-order chi connectivity index (χ1) is 9.78. The van der Waals surface area contributed by atoms with Gasteiger partial charge >= 0.3 is 0 Å². The van der Waals surface area contributed by atoms with Gasteiger partial charge in [-0.2, -0.15) is 0 Å². The van der Waals surface area contributed by atoms with Crippen LogP contribution in [0, 0.1) is 0 Å². The minimum Gasteiger partial charge on any atom is -0.473 e. The summed E-state index contributed by atoms with van der Waals surface area (Å²) in [5, 5.41) is 3.34. The van der Waals surface area contributed by atoms with E-state index in [2.05, 4.69) is 33.2 Å². The molecule has 0 saturated carbocycles. The predicted molar refractivity (Wildman–Crippen MR) is 84.7 cm³/mol. The molecule has 0 unspecified atom stereocenters. The number of nitrogens with zero attached hydrogens (tertiary/aromatic N) is 1. The highest BCUT2D eigenvalue weighted by Crippen LogP contribution is 2.14. The third-order valence-electron chi connectivity index (χ3n) is 2.79. The Hall–Kier alpha value is -1.39. The maximum absolute atomic E-state index is 5.73. The number of aromatic nitrogens is 1. The standard InChI is InChI=1S/C16H19BrN2O/c1-2-9-18-11-15-7-4-8-16(19-15)20-12-13-5-3-6-14(17)10-13/h3-8,10,18H,2,9,11-12H2,1H3. The molecule has 0 amide bonds. The van der Waals surface area contributed by atoms with E-state index in [-0.39, 0.29) is 0 Å². The van der Waals surface area contributed by atoms with Crippen molar-refractivity contribution in [2.75, 3.05) is 6.54 Å². The molecule has 0 radical (unpaired) electrons. The monoisotopic (exact) mass is 334 g/mol. The van der Waals surface area contributed by atoms with Crippen molar-refractivity contribution in [3.63, 3.8) is 0 Å². The van der Waals surface area contributed by atoms with Gasteiger partial charge < -0.3 is 10.1 Å². The van der Waals surface area contributed by atoms with Crippen LogP contribution in [0.1, 0.15) is 24.6 Å². The third-order valence-corrected chi connectivity index (χ3v) is 3.28. The topological polar surface area (TPSA) is 34.1 Å². The molecule has 0 bridgehead atoms. The van der Waals surface area contributed by atoms with Gasteiger partial charge in [-0.1, -0.05) is 41.1 Å². The molecule has 1 N–H and O–H groups in total. The highest BCUT2D eigenvalue weighted by molar-refractivity contribution is 9.10. The van der Waals surface area contributed by atoms with E-state index in [1.165, 1.54) is 0 Å². The smallest absolute Gasteiger partial charge is 0.213 e. The highest BCUT2D eigenvalue weighted by atomic mass is 79.9. The van der Waals surface area contributed by atoms with Gasteiger partial charge in [0.1, 0.15) is 6.61 Å². The molecule has 3 nitrogen and oxygen atoms in total. The Morgan fingerprint density at radius 2 is 2.05 bits per heavy atom. The molecule has 106 valence electrons. The molecule has 1 aromatic heterocycles. The van der Waals surface area contributed by atoms with Crippen molar-refractivity contribution in [1.29, 1.82) is 0 Å². The fourth-order valence-electron chi connectivity index (χ4n) is 1.81. The second-order valence-corrected chi connectivity index (χ2v) is 5.48. The van der Waals surface area contributed by atoms with Crippen molar-refractivity contribution in [3.05, 3.63) is 58.2 Å². The van der Waals surface area contributed by atoms with E-state index >= 15 is 0 Å². The van der Waals surface area contributed by atoms with Crippen LogP contribution in [0.3, 0.4) is 0 Å². The van der Waals surface area contributed by atoms with Gasteiger partial charge in [0.2, 0.25) is 5.88 Å². The van der Waals surface area contributed by atoms with Crippen molar-refractivity contribution < 1.29 is 4.74 Å². The zero-order chi connectivity index (χ0) is 14.2.